The van der Waals surface area contributed by atoms with Crippen molar-refractivity contribution in [1.29, 1.82) is 5.26 Å². The quantitative estimate of drug-likeness (QED) is 0.591. The molecule has 0 bridgehead atoms. The highest BCUT2D eigenvalue weighted by Crippen LogP contribution is 2.17. The normalized spacial score (nSPS) is 10.8. The van der Waals surface area contributed by atoms with Crippen LogP contribution in [0.15, 0.2) is 63.0 Å². The summed E-state index contributed by atoms with van der Waals surface area (Å²) in [6.45, 7) is 0. The third-order valence-corrected chi connectivity index (χ3v) is 3.65. The highest BCUT2D eigenvalue weighted by molar-refractivity contribution is 9.10. The van der Waals surface area contributed by atoms with Crippen LogP contribution in [-0.2, 0) is 4.79 Å². The molecule has 1 amide bonds. The first-order valence-corrected chi connectivity index (χ1v) is 7.61. The summed E-state index contributed by atoms with van der Waals surface area (Å²) in [7, 11) is 0. The summed E-state index contributed by atoms with van der Waals surface area (Å²) < 4.78 is 1.81. The van der Waals surface area contributed by atoms with E-state index < -0.39 is 5.91 Å². The maximum absolute atomic E-state index is 12.1. The molecule has 104 valence electrons. The smallest absolute Gasteiger partial charge is 0.266 e. The molecule has 0 aliphatic heterocycles. The van der Waals surface area contributed by atoms with Crippen LogP contribution in [0.4, 0.5) is 5.69 Å². The molecule has 0 unspecified atom stereocenters. The number of carbonyl (C=O) groups excluding carboxylic acids is 1. The van der Waals surface area contributed by atoms with Crippen molar-refractivity contribution in [1.82, 2.24) is 0 Å². The van der Waals surface area contributed by atoms with Gasteiger partial charge < -0.3 is 5.32 Å². The Morgan fingerprint density at radius 3 is 2.43 bits per heavy atom. The predicted octanol–water partition coefficient (Wildman–Crippen LogP) is 4.76. The van der Waals surface area contributed by atoms with E-state index >= 15 is 0 Å². The summed E-state index contributed by atoms with van der Waals surface area (Å²) in [5.41, 5.74) is 1.47. The van der Waals surface area contributed by atoms with Gasteiger partial charge >= 0.3 is 0 Å². The molecular formula is C16H10Br2N2O. The van der Waals surface area contributed by atoms with Gasteiger partial charge in [-0.05, 0) is 48.0 Å². The van der Waals surface area contributed by atoms with Gasteiger partial charge in [-0.3, -0.25) is 4.79 Å². The summed E-state index contributed by atoms with van der Waals surface area (Å²) >= 11 is 6.68. The van der Waals surface area contributed by atoms with Crippen LogP contribution in [0.3, 0.4) is 0 Å². The molecular weight excluding hydrogens is 396 g/mol. The molecule has 0 aliphatic rings. The average Bonchev–Trinajstić information content (AvgIpc) is 2.47. The fourth-order valence-electron chi connectivity index (χ4n) is 1.64. The molecule has 0 saturated carbocycles. The maximum atomic E-state index is 12.1. The van der Waals surface area contributed by atoms with Gasteiger partial charge in [0.2, 0.25) is 0 Å². The van der Waals surface area contributed by atoms with E-state index in [1.54, 1.807) is 18.2 Å². The number of hydrogen-bond acceptors (Lipinski definition) is 2. The van der Waals surface area contributed by atoms with Crippen LogP contribution >= 0.6 is 31.9 Å². The molecule has 0 saturated heterocycles. The summed E-state index contributed by atoms with van der Waals surface area (Å²) in [5.74, 6) is -0.431. The number of nitrogens with zero attached hydrogens (tertiary/aromatic N) is 1. The van der Waals surface area contributed by atoms with E-state index in [0.717, 1.165) is 14.5 Å². The first-order valence-electron chi connectivity index (χ1n) is 6.03. The van der Waals surface area contributed by atoms with Crippen molar-refractivity contribution in [2.45, 2.75) is 0 Å². The zero-order valence-corrected chi connectivity index (χ0v) is 14.0. The van der Waals surface area contributed by atoms with E-state index in [-0.39, 0.29) is 5.57 Å². The minimum atomic E-state index is -0.431. The van der Waals surface area contributed by atoms with Gasteiger partial charge in [0.25, 0.3) is 5.91 Å². The summed E-state index contributed by atoms with van der Waals surface area (Å²) in [4.78, 5) is 12.1. The number of amides is 1. The van der Waals surface area contributed by atoms with Crippen molar-refractivity contribution in [3.63, 3.8) is 0 Å². The van der Waals surface area contributed by atoms with E-state index in [0.29, 0.717) is 5.69 Å². The number of benzene rings is 2. The summed E-state index contributed by atoms with van der Waals surface area (Å²) in [6.07, 6.45) is 1.55. The van der Waals surface area contributed by atoms with Crippen LogP contribution in [0.25, 0.3) is 6.08 Å². The number of anilines is 1. The minimum Gasteiger partial charge on any atom is -0.321 e. The molecule has 0 aliphatic carbocycles. The third kappa shape index (κ3) is 4.55. The molecule has 2 rings (SSSR count). The van der Waals surface area contributed by atoms with Crippen molar-refractivity contribution < 1.29 is 4.79 Å². The molecule has 0 atom stereocenters. The van der Waals surface area contributed by atoms with Gasteiger partial charge in [0.1, 0.15) is 11.6 Å². The SMILES string of the molecule is N#C/C(=C/c1cccc(Br)c1)C(=O)Nc1ccc(Br)cc1. The second-order valence-electron chi connectivity index (χ2n) is 4.19. The largest absolute Gasteiger partial charge is 0.321 e. The first kappa shape index (κ1) is 15.5. The van der Waals surface area contributed by atoms with Crippen LogP contribution in [-0.4, -0.2) is 5.91 Å². The number of hydrogen-bond donors (Lipinski definition) is 1. The van der Waals surface area contributed by atoms with Gasteiger partial charge in [0, 0.05) is 14.6 Å². The molecule has 0 spiro atoms. The van der Waals surface area contributed by atoms with Crippen LogP contribution in [0, 0.1) is 11.3 Å². The van der Waals surface area contributed by atoms with Gasteiger partial charge in [-0.25, -0.2) is 0 Å². The number of carbonyl (C=O) groups is 1. The Kier molecular flexibility index (Phi) is 5.32. The number of rotatable bonds is 3. The van der Waals surface area contributed by atoms with E-state index in [1.165, 1.54) is 0 Å². The van der Waals surface area contributed by atoms with Crippen molar-refractivity contribution >= 4 is 49.5 Å². The molecule has 2 aromatic rings. The fraction of sp³-hybridized carbons (Fsp3) is 0. The molecule has 2 aromatic carbocycles. The van der Waals surface area contributed by atoms with Gasteiger partial charge in [0.05, 0.1) is 0 Å². The number of nitrogens with one attached hydrogen (secondary N) is 1. The zero-order chi connectivity index (χ0) is 15.2. The monoisotopic (exact) mass is 404 g/mol. The van der Waals surface area contributed by atoms with Gasteiger partial charge in [-0.15, -0.1) is 0 Å². The number of nitriles is 1. The summed E-state index contributed by atoms with van der Waals surface area (Å²) in [5, 5.41) is 11.8. The lowest BCUT2D eigenvalue weighted by Gasteiger charge is -2.04. The predicted molar refractivity (Wildman–Crippen MR) is 90.5 cm³/mol. The van der Waals surface area contributed by atoms with E-state index in [2.05, 4.69) is 37.2 Å². The summed E-state index contributed by atoms with van der Waals surface area (Å²) in [6, 6.07) is 16.5. The Hall–Kier alpha value is -1.90. The Morgan fingerprint density at radius 1 is 1.10 bits per heavy atom. The van der Waals surface area contributed by atoms with E-state index in [9.17, 15) is 4.79 Å². The van der Waals surface area contributed by atoms with Gasteiger partial charge in [-0.1, -0.05) is 44.0 Å². The molecule has 3 nitrogen and oxygen atoms in total. The van der Waals surface area contributed by atoms with Crippen molar-refractivity contribution in [2.75, 3.05) is 5.32 Å². The lowest BCUT2D eigenvalue weighted by Crippen LogP contribution is -2.13. The van der Waals surface area contributed by atoms with Gasteiger partial charge in [-0.2, -0.15) is 5.26 Å². The maximum Gasteiger partial charge on any atom is 0.266 e. The van der Waals surface area contributed by atoms with Crippen molar-refractivity contribution in [3.8, 4) is 6.07 Å². The molecule has 0 fully saturated rings. The molecule has 0 aromatic heterocycles. The lowest BCUT2D eigenvalue weighted by molar-refractivity contribution is -0.112. The standard InChI is InChI=1S/C16H10Br2N2O/c17-13-4-6-15(7-5-13)20-16(21)12(10-19)8-11-2-1-3-14(18)9-11/h1-9H,(H,20,21)/b12-8-. The Balaban J connectivity index is 2.19. The topological polar surface area (TPSA) is 52.9 Å². The van der Waals surface area contributed by atoms with Crippen LogP contribution < -0.4 is 5.32 Å². The van der Waals surface area contributed by atoms with E-state index in [4.69, 9.17) is 5.26 Å². The van der Waals surface area contributed by atoms with Crippen molar-refractivity contribution in [3.05, 3.63) is 68.6 Å². The van der Waals surface area contributed by atoms with Crippen LogP contribution in [0.2, 0.25) is 0 Å². The Labute approximate surface area is 139 Å². The second-order valence-corrected chi connectivity index (χ2v) is 6.02. The molecule has 5 heteroatoms. The zero-order valence-electron chi connectivity index (χ0n) is 10.8. The van der Waals surface area contributed by atoms with Crippen LogP contribution in [0.1, 0.15) is 5.56 Å². The highest BCUT2D eigenvalue weighted by atomic mass is 79.9. The fourth-order valence-corrected chi connectivity index (χ4v) is 2.32. The highest BCUT2D eigenvalue weighted by Gasteiger charge is 2.09. The third-order valence-electron chi connectivity index (χ3n) is 2.63. The lowest BCUT2D eigenvalue weighted by atomic mass is 10.1. The Bertz CT molecular complexity index is 731. The first-order chi connectivity index (χ1) is 10.1. The minimum absolute atomic E-state index is 0.0519. The van der Waals surface area contributed by atoms with E-state index in [1.807, 2.05) is 42.5 Å². The van der Waals surface area contributed by atoms with Crippen molar-refractivity contribution in [2.24, 2.45) is 0 Å². The molecule has 1 N–H and O–H groups in total. The number of halogens is 2. The second kappa shape index (κ2) is 7.21. The average molecular weight is 406 g/mol. The Morgan fingerprint density at radius 2 is 1.81 bits per heavy atom. The molecule has 0 radical (unpaired) electrons. The molecule has 0 heterocycles. The van der Waals surface area contributed by atoms with Gasteiger partial charge in [0.15, 0.2) is 0 Å². The molecule has 21 heavy (non-hydrogen) atoms. The van der Waals surface area contributed by atoms with Crippen LogP contribution in [0.5, 0.6) is 0 Å².